The van der Waals surface area contributed by atoms with Crippen molar-refractivity contribution in [3.8, 4) is 5.75 Å². The minimum absolute atomic E-state index is 0.485. The number of hydrogen-bond acceptors (Lipinski definition) is 5. The number of benzene rings is 1. The Hall–Kier alpha value is -2.12. The molecule has 0 bridgehead atoms. The summed E-state index contributed by atoms with van der Waals surface area (Å²) in [7, 11) is 0. The highest BCUT2D eigenvalue weighted by molar-refractivity contribution is 7.11. The van der Waals surface area contributed by atoms with Gasteiger partial charge in [-0.15, -0.1) is 11.3 Å². The third-order valence-electron chi connectivity index (χ3n) is 5.38. The fourth-order valence-corrected chi connectivity index (χ4v) is 4.59. The molecule has 2 N–H and O–H groups in total. The number of nitrogens with one attached hydrogen (secondary N) is 2. The van der Waals surface area contributed by atoms with Gasteiger partial charge < -0.3 is 20.1 Å². The molecule has 1 aliphatic rings. The SMILES string of the molecule is CCNC(=NCc1ccc(C)cc1OCC1CCOC1)NCCc1nc(CC)c(C)s1. The average molecular weight is 445 g/mol. The first kappa shape index (κ1) is 23.5. The van der Waals surface area contributed by atoms with E-state index in [1.54, 1.807) is 11.3 Å². The van der Waals surface area contributed by atoms with Gasteiger partial charge in [-0.25, -0.2) is 9.98 Å². The van der Waals surface area contributed by atoms with Crippen molar-refractivity contribution in [2.24, 2.45) is 10.9 Å². The van der Waals surface area contributed by atoms with Gasteiger partial charge in [0.15, 0.2) is 5.96 Å². The summed E-state index contributed by atoms with van der Waals surface area (Å²) in [6.45, 7) is 13.0. The molecule has 2 heterocycles. The fraction of sp³-hybridized carbons (Fsp3) is 0.583. The Morgan fingerprint density at radius 1 is 1.29 bits per heavy atom. The summed E-state index contributed by atoms with van der Waals surface area (Å²) in [4.78, 5) is 10.9. The van der Waals surface area contributed by atoms with Crippen molar-refractivity contribution in [1.29, 1.82) is 0 Å². The molecule has 0 aliphatic carbocycles. The van der Waals surface area contributed by atoms with E-state index in [0.717, 1.165) is 62.8 Å². The molecular weight excluding hydrogens is 408 g/mol. The van der Waals surface area contributed by atoms with Crippen LogP contribution in [0.1, 0.15) is 47.0 Å². The molecule has 7 heteroatoms. The summed E-state index contributed by atoms with van der Waals surface area (Å²) in [6, 6.07) is 6.34. The number of hydrogen-bond donors (Lipinski definition) is 2. The topological polar surface area (TPSA) is 67.8 Å². The van der Waals surface area contributed by atoms with Gasteiger partial charge in [-0.3, -0.25) is 0 Å². The molecule has 2 aromatic rings. The predicted molar refractivity (Wildman–Crippen MR) is 128 cm³/mol. The Morgan fingerprint density at radius 3 is 2.87 bits per heavy atom. The highest BCUT2D eigenvalue weighted by atomic mass is 32.1. The lowest BCUT2D eigenvalue weighted by Crippen LogP contribution is -2.38. The van der Waals surface area contributed by atoms with E-state index in [1.165, 1.54) is 21.1 Å². The first-order chi connectivity index (χ1) is 15.1. The number of aryl methyl sites for hydroxylation is 3. The molecular formula is C24H36N4O2S. The summed E-state index contributed by atoms with van der Waals surface area (Å²) in [6.07, 6.45) is 2.97. The van der Waals surface area contributed by atoms with Crippen LogP contribution in [-0.4, -0.2) is 43.9 Å². The van der Waals surface area contributed by atoms with Crippen molar-refractivity contribution in [3.05, 3.63) is 44.9 Å². The van der Waals surface area contributed by atoms with Gasteiger partial charge in [-0.1, -0.05) is 19.1 Å². The molecule has 1 atom stereocenters. The molecule has 1 aromatic heterocycles. The molecule has 0 spiro atoms. The van der Waals surface area contributed by atoms with Crippen LogP contribution in [0.4, 0.5) is 0 Å². The van der Waals surface area contributed by atoms with Crippen molar-refractivity contribution < 1.29 is 9.47 Å². The Balaban J connectivity index is 1.58. The quantitative estimate of drug-likeness (QED) is 0.428. The summed E-state index contributed by atoms with van der Waals surface area (Å²) in [5.74, 6) is 2.23. The van der Waals surface area contributed by atoms with Gasteiger partial charge in [-0.05, 0) is 45.2 Å². The molecule has 1 aromatic carbocycles. The third-order valence-corrected chi connectivity index (χ3v) is 6.45. The van der Waals surface area contributed by atoms with Gasteiger partial charge in [0, 0.05) is 42.5 Å². The number of ether oxygens (including phenoxy) is 2. The predicted octanol–water partition coefficient (Wildman–Crippen LogP) is 4.04. The monoisotopic (exact) mass is 444 g/mol. The van der Waals surface area contributed by atoms with Crippen molar-refractivity contribution in [3.63, 3.8) is 0 Å². The highest BCUT2D eigenvalue weighted by Gasteiger charge is 2.17. The van der Waals surface area contributed by atoms with E-state index in [1.807, 2.05) is 0 Å². The lowest BCUT2D eigenvalue weighted by molar-refractivity contribution is 0.166. The second-order valence-corrected chi connectivity index (χ2v) is 9.28. The largest absolute Gasteiger partial charge is 0.493 e. The molecule has 1 saturated heterocycles. The van der Waals surface area contributed by atoms with Gasteiger partial charge in [0.1, 0.15) is 5.75 Å². The maximum atomic E-state index is 6.16. The van der Waals surface area contributed by atoms with Crippen molar-refractivity contribution in [2.75, 3.05) is 32.9 Å². The van der Waals surface area contributed by atoms with E-state index in [4.69, 9.17) is 19.5 Å². The summed E-state index contributed by atoms with van der Waals surface area (Å²) >= 11 is 1.80. The van der Waals surface area contributed by atoms with Gasteiger partial charge >= 0.3 is 0 Å². The number of rotatable bonds is 10. The van der Waals surface area contributed by atoms with Gasteiger partial charge in [0.05, 0.1) is 30.5 Å². The van der Waals surface area contributed by atoms with Gasteiger partial charge in [0.2, 0.25) is 0 Å². The summed E-state index contributed by atoms with van der Waals surface area (Å²) in [5.41, 5.74) is 3.52. The molecule has 0 radical (unpaired) electrons. The van der Waals surface area contributed by atoms with Crippen molar-refractivity contribution in [2.45, 2.75) is 53.5 Å². The Morgan fingerprint density at radius 2 is 2.16 bits per heavy atom. The van der Waals surface area contributed by atoms with Crippen LogP contribution < -0.4 is 15.4 Å². The van der Waals surface area contributed by atoms with Crippen LogP contribution in [0.15, 0.2) is 23.2 Å². The minimum Gasteiger partial charge on any atom is -0.493 e. The summed E-state index contributed by atoms with van der Waals surface area (Å²) in [5, 5.41) is 7.96. The van der Waals surface area contributed by atoms with Crippen molar-refractivity contribution in [1.82, 2.24) is 15.6 Å². The Labute approximate surface area is 190 Å². The second kappa shape index (κ2) is 12.1. The molecule has 1 fully saturated rings. The maximum absolute atomic E-state index is 6.16. The zero-order valence-electron chi connectivity index (χ0n) is 19.3. The number of aliphatic imine (C=N–C) groups is 1. The maximum Gasteiger partial charge on any atom is 0.191 e. The zero-order valence-corrected chi connectivity index (χ0v) is 20.1. The van der Waals surface area contributed by atoms with E-state index in [9.17, 15) is 0 Å². The van der Waals surface area contributed by atoms with Crippen LogP contribution >= 0.6 is 11.3 Å². The normalized spacial score (nSPS) is 16.5. The lowest BCUT2D eigenvalue weighted by atomic mass is 10.1. The van der Waals surface area contributed by atoms with E-state index in [0.29, 0.717) is 19.1 Å². The molecule has 0 amide bonds. The first-order valence-electron chi connectivity index (χ1n) is 11.4. The number of guanidine groups is 1. The zero-order chi connectivity index (χ0) is 22.1. The minimum atomic E-state index is 0.485. The number of nitrogens with zero attached hydrogens (tertiary/aromatic N) is 2. The number of aromatic nitrogens is 1. The smallest absolute Gasteiger partial charge is 0.191 e. The van der Waals surface area contributed by atoms with Crippen LogP contribution in [0.3, 0.4) is 0 Å². The van der Waals surface area contributed by atoms with Gasteiger partial charge in [0.25, 0.3) is 0 Å². The molecule has 170 valence electrons. The van der Waals surface area contributed by atoms with E-state index in [2.05, 4.69) is 56.5 Å². The standard InChI is InChI=1S/C24H36N4O2S/c1-5-21-18(4)31-23(28-21)9-11-26-24(25-6-2)27-14-20-8-7-17(3)13-22(20)30-16-19-10-12-29-15-19/h7-8,13,19H,5-6,9-12,14-16H2,1-4H3,(H2,25,26,27). The fourth-order valence-electron chi connectivity index (χ4n) is 3.57. The van der Waals surface area contributed by atoms with Crippen LogP contribution in [0.2, 0.25) is 0 Å². The lowest BCUT2D eigenvalue weighted by Gasteiger charge is -2.15. The van der Waals surface area contributed by atoms with E-state index >= 15 is 0 Å². The Bertz CT molecular complexity index is 859. The molecule has 1 aliphatic heterocycles. The van der Waals surface area contributed by atoms with Crippen LogP contribution in [0.5, 0.6) is 5.75 Å². The highest BCUT2D eigenvalue weighted by Crippen LogP contribution is 2.23. The first-order valence-corrected chi connectivity index (χ1v) is 12.2. The second-order valence-electron chi connectivity index (χ2n) is 7.99. The van der Waals surface area contributed by atoms with E-state index < -0.39 is 0 Å². The average Bonchev–Trinajstić information content (AvgIpc) is 3.40. The van der Waals surface area contributed by atoms with E-state index in [-0.39, 0.29) is 0 Å². The molecule has 1 unspecified atom stereocenters. The Kier molecular flexibility index (Phi) is 9.15. The van der Waals surface area contributed by atoms with Crippen molar-refractivity contribution >= 4 is 17.3 Å². The van der Waals surface area contributed by atoms with Gasteiger partial charge in [-0.2, -0.15) is 0 Å². The molecule has 6 nitrogen and oxygen atoms in total. The molecule has 3 rings (SSSR count). The van der Waals surface area contributed by atoms with Crippen LogP contribution in [0, 0.1) is 19.8 Å². The molecule has 0 saturated carbocycles. The van der Waals surface area contributed by atoms with Crippen LogP contribution in [0.25, 0.3) is 0 Å². The van der Waals surface area contributed by atoms with Crippen LogP contribution in [-0.2, 0) is 24.1 Å². The third kappa shape index (κ3) is 7.21. The summed E-state index contributed by atoms with van der Waals surface area (Å²) < 4.78 is 11.6. The molecule has 31 heavy (non-hydrogen) atoms. The number of thiazole rings is 1.